The third-order valence-corrected chi connectivity index (χ3v) is 3.49. The van der Waals surface area contributed by atoms with Crippen molar-refractivity contribution in [3.8, 4) is 11.5 Å². The van der Waals surface area contributed by atoms with Gasteiger partial charge < -0.3 is 25.2 Å². The summed E-state index contributed by atoms with van der Waals surface area (Å²) >= 11 is 0. The first-order valence-electron chi connectivity index (χ1n) is 6.22. The van der Waals surface area contributed by atoms with E-state index in [9.17, 15) is 19.8 Å². The first-order chi connectivity index (χ1) is 9.86. The molecule has 0 saturated heterocycles. The van der Waals surface area contributed by atoms with Crippen LogP contribution in [0.4, 0.5) is 4.79 Å². The van der Waals surface area contributed by atoms with Crippen LogP contribution in [0, 0.1) is 0 Å². The lowest BCUT2D eigenvalue weighted by molar-refractivity contribution is -0.136. The standard InChI is InChI=1S/C14H16N2O5/c1-7-11(13(19)21-3)12(15-14(20)16(7)2)8-4-5-9(17)10(18)6-8/h4-6,12,17-18H,1-3H3,(H,15,20). The highest BCUT2D eigenvalue weighted by molar-refractivity contribution is 5.94. The summed E-state index contributed by atoms with van der Waals surface area (Å²) < 4.78 is 4.76. The Morgan fingerprint density at radius 1 is 1.33 bits per heavy atom. The Morgan fingerprint density at radius 3 is 2.57 bits per heavy atom. The van der Waals surface area contributed by atoms with Gasteiger partial charge in [0.15, 0.2) is 11.5 Å². The van der Waals surface area contributed by atoms with E-state index in [2.05, 4.69) is 5.32 Å². The SMILES string of the molecule is COC(=O)C1=C(C)N(C)C(=O)NC1c1ccc(O)c(O)c1. The maximum absolute atomic E-state index is 12.0. The second-order valence-corrected chi connectivity index (χ2v) is 4.68. The summed E-state index contributed by atoms with van der Waals surface area (Å²) in [6, 6.07) is 2.97. The minimum Gasteiger partial charge on any atom is -0.504 e. The molecule has 0 aliphatic carbocycles. The number of nitrogens with zero attached hydrogens (tertiary/aromatic N) is 1. The predicted octanol–water partition coefficient (Wildman–Crippen LogP) is 1.24. The van der Waals surface area contributed by atoms with E-state index in [-0.39, 0.29) is 23.1 Å². The summed E-state index contributed by atoms with van der Waals surface area (Å²) in [6.07, 6.45) is 0. The number of amides is 2. The first-order valence-corrected chi connectivity index (χ1v) is 6.22. The minimum absolute atomic E-state index is 0.268. The maximum atomic E-state index is 12.0. The number of urea groups is 1. The van der Waals surface area contributed by atoms with Crippen molar-refractivity contribution in [1.29, 1.82) is 0 Å². The summed E-state index contributed by atoms with van der Waals surface area (Å²) in [6.45, 7) is 1.64. The van der Waals surface area contributed by atoms with Gasteiger partial charge in [-0.3, -0.25) is 0 Å². The average Bonchev–Trinajstić information content (AvgIpc) is 2.46. The largest absolute Gasteiger partial charge is 0.504 e. The van der Waals surface area contributed by atoms with Crippen molar-refractivity contribution < 1.29 is 24.5 Å². The molecule has 112 valence electrons. The van der Waals surface area contributed by atoms with Crippen LogP contribution in [0.3, 0.4) is 0 Å². The van der Waals surface area contributed by atoms with Gasteiger partial charge in [-0.1, -0.05) is 6.07 Å². The zero-order chi connectivity index (χ0) is 15.7. The Balaban J connectivity index is 2.56. The van der Waals surface area contributed by atoms with Crippen molar-refractivity contribution in [2.75, 3.05) is 14.2 Å². The molecule has 3 N–H and O–H groups in total. The van der Waals surface area contributed by atoms with Crippen LogP contribution in [0.25, 0.3) is 0 Å². The Kier molecular flexibility index (Phi) is 3.75. The number of phenolic OH excluding ortho intramolecular Hbond substituents is 2. The van der Waals surface area contributed by atoms with Gasteiger partial charge >= 0.3 is 12.0 Å². The third-order valence-electron chi connectivity index (χ3n) is 3.49. The molecule has 1 unspecified atom stereocenters. The quantitative estimate of drug-likeness (QED) is 0.562. The van der Waals surface area contributed by atoms with Gasteiger partial charge in [0.05, 0.1) is 18.7 Å². The number of rotatable bonds is 2. The Labute approximate surface area is 121 Å². The molecule has 0 spiro atoms. The maximum Gasteiger partial charge on any atom is 0.337 e. The van der Waals surface area contributed by atoms with E-state index in [1.54, 1.807) is 6.92 Å². The molecule has 2 amide bonds. The molecular weight excluding hydrogens is 276 g/mol. The fourth-order valence-electron chi connectivity index (χ4n) is 2.18. The molecule has 21 heavy (non-hydrogen) atoms. The smallest absolute Gasteiger partial charge is 0.337 e. The molecule has 0 bridgehead atoms. The van der Waals surface area contributed by atoms with Gasteiger partial charge in [-0.15, -0.1) is 0 Å². The highest BCUT2D eigenvalue weighted by Gasteiger charge is 2.34. The van der Waals surface area contributed by atoms with E-state index in [4.69, 9.17) is 4.74 Å². The van der Waals surface area contributed by atoms with Crippen LogP contribution in [0.1, 0.15) is 18.5 Å². The number of esters is 1. The molecule has 7 nitrogen and oxygen atoms in total. The van der Waals surface area contributed by atoms with Crippen LogP contribution in [-0.4, -0.2) is 41.3 Å². The molecule has 1 aliphatic heterocycles. The Bertz CT molecular complexity index is 638. The van der Waals surface area contributed by atoms with E-state index in [0.717, 1.165) is 0 Å². The molecule has 2 rings (SSSR count). The highest BCUT2D eigenvalue weighted by atomic mass is 16.5. The number of hydrogen-bond acceptors (Lipinski definition) is 5. The fraction of sp³-hybridized carbons (Fsp3) is 0.286. The van der Waals surface area contributed by atoms with E-state index in [0.29, 0.717) is 11.3 Å². The van der Waals surface area contributed by atoms with Crippen LogP contribution in [-0.2, 0) is 9.53 Å². The average molecular weight is 292 g/mol. The molecular formula is C14H16N2O5. The number of carbonyl (C=O) groups excluding carboxylic acids is 2. The van der Waals surface area contributed by atoms with Gasteiger partial charge in [0, 0.05) is 12.7 Å². The third kappa shape index (κ3) is 2.49. The van der Waals surface area contributed by atoms with Crippen molar-refractivity contribution >= 4 is 12.0 Å². The van der Waals surface area contributed by atoms with Crippen LogP contribution in [0.5, 0.6) is 11.5 Å². The van der Waals surface area contributed by atoms with E-state index < -0.39 is 12.0 Å². The van der Waals surface area contributed by atoms with Crippen LogP contribution in [0.2, 0.25) is 0 Å². The predicted molar refractivity (Wildman–Crippen MR) is 73.5 cm³/mol. The van der Waals surface area contributed by atoms with Gasteiger partial charge in [0.1, 0.15) is 0 Å². The van der Waals surface area contributed by atoms with Crippen LogP contribution in [0.15, 0.2) is 29.5 Å². The van der Waals surface area contributed by atoms with Crippen molar-refractivity contribution in [3.63, 3.8) is 0 Å². The summed E-state index contributed by atoms with van der Waals surface area (Å²) in [5.41, 5.74) is 1.19. The molecule has 1 aromatic rings. The highest BCUT2D eigenvalue weighted by Crippen LogP contribution is 2.34. The summed E-state index contributed by atoms with van der Waals surface area (Å²) in [5, 5.41) is 21.6. The van der Waals surface area contributed by atoms with Crippen LogP contribution < -0.4 is 5.32 Å². The number of methoxy groups -OCH3 is 1. The zero-order valence-corrected chi connectivity index (χ0v) is 11.9. The molecule has 1 aliphatic rings. The number of aromatic hydroxyl groups is 2. The van der Waals surface area contributed by atoms with Gasteiger partial charge in [0.2, 0.25) is 0 Å². The van der Waals surface area contributed by atoms with Crippen molar-refractivity contribution in [2.45, 2.75) is 13.0 Å². The summed E-state index contributed by atoms with van der Waals surface area (Å²) in [4.78, 5) is 25.2. The monoisotopic (exact) mass is 292 g/mol. The number of carbonyl (C=O) groups is 2. The first kappa shape index (κ1) is 14.7. The van der Waals surface area contributed by atoms with E-state index in [1.807, 2.05) is 0 Å². The number of ether oxygens (including phenoxy) is 1. The minimum atomic E-state index is -0.757. The number of allylic oxidation sites excluding steroid dienone is 1. The van der Waals surface area contributed by atoms with Crippen molar-refractivity contribution in [3.05, 3.63) is 35.0 Å². The lowest BCUT2D eigenvalue weighted by Gasteiger charge is -2.33. The molecule has 0 fully saturated rings. The normalized spacial score (nSPS) is 18.5. The molecule has 1 atom stereocenters. The molecule has 1 heterocycles. The van der Waals surface area contributed by atoms with Crippen molar-refractivity contribution in [2.24, 2.45) is 0 Å². The van der Waals surface area contributed by atoms with Crippen molar-refractivity contribution in [1.82, 2.24) is 10.2 Å². The number of hydrogen-bond donors (Lipinski definition) is 3. The van der Waals surface area contributed by atoms with E-state index >= 15 is 0 Å². The van der Waals surface area contributed by atoms with Gasteiger partial charge in [-0.05, 0) is 24.6 Å². The Hall–Kier alpha value is -2.70. The van der Waals surface area contributed by atoms with Gasteiger partial charge in [-0.2, -0.15) is 0 Å². The van der Waals surface area contributed by atoms with Crippen LogP contribution >= 0.6 is 0 Å². The zero-order valence-electron chi connectivity index (χ0n) is 11.9. The van der Waals surface area contributed by atoms with Gasteiger partial charge in [0.25, 0.3) is 0 Å². The molecule has 0 saturated carbocycles. The number of benzene rings is 1. The molecule has 7 heteroatoms. The molecule has 0 aromatic heterocycles. The Morgan fingerprint density at radius 2 is 2.00 bits per heavy atom. The number of nitrogens with one attached hydrogen (secondary N) is 1. The lowest BCUT2D eigenvalue weighted by atomic mass is 9.95. The lowest BCUT2D eigenvalue weighted by Crippen LogP contribution is -2.46. The van der Waals surface area contributed by atoms with Gasteiger partial charge in [-0.25, -0.2) is 9.59 Å². The molecule has 1 aromatic carbocycles. The second kappa shape index (κ2) is 5.35. The fourth-order valence-corrected chi connectivity index (χ4v) is 2.18. The number of phenols is 2. The van der Waals surface area contributed by atoms with E-state index in [1.165, 1.54) is 37.3 Å². The summed E-state index contributed by atoms with van der Waals surface area (Å²) in [5.74, 6) is -1.18. The summed E-state index contributed by atoms with van der Waals surface area (Å²) in [7, 11) is 2.79. The second-order valence-electron chi connectivity index (χ2n) is 4.68. The molecule has 0 radical (unpaired) electrons. The topological polar surface area (TPSA) is 99.1 Å².